The maximum atomic E-state index is 12.5. The average Bonchev–Trinajstić information content (AvgIpc) is 2.68. The topological polar surface area (TPSA) is 54.9 Å². The van der Waals surface area contributed by atoms with E-state index in [0.29, 0.717) is 31.9 Å². The van der Waals surface area contributed by atoms with Crippen LogP contribution in [0.2, 0.25) is 0 Å². The number of anilines is 1. The van der Waals surface area contributed by atoms with E-state index >= 15 is 0 Å². The van der Waals surface area contributed by atoms with Crippen molar-refractivity contribution in [1.29, 1.82) is 0 Å². The molecule has 0 saturated carbocycles. The molecule has 0 aliphatic carbocycles. The minimum Gasteiger partial charge on any atom is -0.492 e. The first-order valence-electron chi connectivity index (χ1n) is 8.87. The normalized spacial score (nSPS) is 14.2. The Morgan fingerprint density at radius 3 is 2.77 bits per heavy atom. The fraction of sp³-hybridized carbons (Fsp3) is 0.400. The Morgan fingerprint density at radius 1 is 1.27 bits per heavy atom. The van der Waals surface area contributed by atoms with Crippen LogP contribution in [-0.4, -0.2) is 62.3 Å². The Kier molecular flexibility index (Phi) is 6.07. The van der Waals surface area contributed by atoms with Crippen LogP contribution < -0.4 is 9.64 Å². The predicted octanol–water partition coefficient (Wildman–Crippen LogP) is 2.38. The van der Waals surface area contributed by atoms with Crippen molar-refractivity contribution in [3.05, 3.63) is 53.7 Å². The summed E-state index contributed by atoms with van der Waals surface area (Å²) >= 11 is 0. The zero-order valence-electron chi connectivity index (χ0n) is 15.4. The number of ether oxygens (including phenoxy) is 2. The Morgan fingerprint density at radius 2 is 2.08 bits per heavy atom. The molecule has 6 nitrogen and oxygen atoms in total. The molecule has 1 saturated heterocycles. The van der Waals surface area contributed by atoms with Crippen LogP contribution in [0.5, 0.6) is 5.75 Å². The van der Waals surface area contributed by atoms with E-state index < -0.39 is 0 Å². The summed E-state index contributed by atoms with van der Waals surface area (Å²) in [5, 5.41) is 0. The van der Waals surface area contributed by atoms with Crippen LogP contribution in [0.1, 0.15) is 15.9 Å². The van der Waals surface area contributed by atoms with Gasteiger partial charge in [-0.2, -0.15) is 0 Å². The van der Waals surface area contributed by atoms with E-state index in [1.54, 1.807) is 18.1 Å². The molecule has 1 aliphatic rings. The second-order valence-electron chi connectivity index (χ2n) is 6.40. The zero-order chi connectivity index (χ0) is 18.4. The van der Waals surface area contributed by atoms with Gasteiger partial charge in [-0.15, -0.1) is 0 Å². The van der Waals surface area contributed by atoms with Gasteiger partial charge in [0.2, 0.25) is 0 Å². The molecule has 1 amide bonds. The van der Waals surface area contributed by atoms with Gasteiger partial charge in [-0.25, -0.2) is 4.98 Å². The molecule has 0 bridgehead atoms. The third-order valence-electron chi connectivity index (χ3n) is 4.36. The van der Waals surface area contributed by atoms with E-state index in [1.165, 1.54) is 0 Å². The number of likely N-dealkylation sites (N-methyl/N-ethyl adjacent to an activating group) is 1. The predicted molar refractivity (Wildman–Crippen MR) is 101 cm³/mol. The largest absolute Gasteiger partial charge is 0.492 e. The first-order valence-corrected chi connectivity index (χ1v) is 8.87. The molecule has 0 spiro atoms. The highest BCUT2D eigenvalue weighted by atomic mass is 16.5. The lowest BCUT2D eigenvalue weighted by atomic mass is 10.2. The number of benzene rings is 1. The lowest BCUT2D eigenvalue weighted by Gasteiger charge is -2.27. The van der Waals surface area contributed by atoms with E-state index in [4.69, 9.17) is 9.47 Å². The van der Waals surface area contributed by atoms with Crippen LogP contribution in [0.15, 0.2) is 42.6 Å². The summed E-state index contributed by atoms with van der Waals surface area (Å²) in [6.45, 7) is 6.07. The summed E-state index contributed by atoms with van der Waals surface area (Å²) in [5.74, 6) is 1.65. The fourth-order valence-corrected chi connectivity index (χ4v) is 2.82. The minimum atomic E-state index is -0.0566. The second-order valence-corrected chi connectivity index (χ2v) is 6.40. The molecule has 2 aromatic rings. The van der Waals surface area contributed by atoms with Crippen molar-refractivity contribution in [3.63, 3.8) is 0 Å². The van der Waals surface area contributed by atoms with Crippen molar-refractivity contribution >= 4 is 11.7 Å². The van der Waals surface area contributed by atoms with Crippen molar-refractivity contribution < 1.29 is 14.3 Å². The number of morpholine rings is 1. The lowest BCUT2D eigenvalue weighted by molar-refractivity contribution is 0.0773. The number of aromatic nitrogens is 1. The summed E-state index contributed by atoms with van der Waals surface area (Å²) < 4.78 is 11.1. The molecule has 1 aromatic heterocycles. The summed E-state index contributed by atoms with van der Waals surface area (Å²) in [6, 6.07) is 11.6. The van der Waals surface area contributed by atoms with Crippen LogP contribution in [0.25, 0.3) is 0 Å². The minimum absolute atomic E-state index is 0.0566. The van der Waals surface area contributed by atoms with E-state index in [-0.39, 0.29) is 5.91 Å². The third kappa shape index (κ3) is 4.73. The SMILES string of the molecule is Cc1cccc(OCCN(C)C(=O)c2ccc(N3CCOCC3)nc2)c1. The number of aryl methyl sites for hydroxylation is 1. The van der Waals surface area contributed by atoms with Crippen LogP contribution in [0, 0.1) is 6.92 Å². The van der Waals surface area contributed by atoms with Gasteiger partial charge >= 0.3 is 0 Å². The Hall–Kier alpha value is -2.60. The third-order valence-corrected chi connectivity index (χ3v) is 4.36. The van der Waals surface area contributed by atoms with Gasteiger partial charge in [-0.1, -0.05) is 12.1 Å². The van der Waals surface area contributed by atoms with Gasteiger partial charge in [0.25, 0.3) is 5.91 Å². The highest BCUT2D eigenvalue weighted by Gasteiger charge is 2.15. The van der Waals surface area contributed by atoms with E-state index in [1.807, 2.05) is 43.3 Å². The van der Waals surface area contributed by atoms with Crippen LogP contribution in [0.4, 0.5) is 5.82 Å². The van der Waals surface area contributed by atoms with Gasteiger partial charge in [-0.05, 0) is 36.8 Å². The van der Waals surface area contributed by atoms with Gasteiger partial charge in [0.05, 0.1) is 25.3 Å². The standard InChI is InChI=1S/C20H25N3O3/c1-16-4-3-5-18(14-16)26-13-8-22(2)20(24)17-6-7-19(21-15-17)23-9-11-25-12-10-23/h3-7,14-15H,8-13H2,1-2H3. The number of hydrogen-bond acceptors (Lipinski definition) is 5. The number of amides is 1. The highest BCUT2D eigenvalue weighted by molar-refractivity contribution is 5.93. The molecule has 0 radical (unpaired) electrons. The van der Waals surface area contributed by atoms with Crippen LogP contribution >= 0.6 is 0 Å². The average molecular weight is 355 g/mol. The number of carbonyl (C=O) groups is 1. The molecule has 1 fully saturated rings. The van der Waals surface area contributed by atoms with Crippen molar-refractivity contribution in [2.75, 3.05) is 51.4 Å². The van der Waals surface area contributed by atoms with E-state index in [9.17, 15) is 4.79 Å². The molecule has 26 heavy (non-hydrogen) atoms. The first-order chi connectivity index (χ1) is 12.6. The highest BCUT2D eigenvalue weighted by Crippen LogP contribution is 2.14. The summed E-state index contributed by atoms with van der Waals surface area (Å²) in [5.41, 5.74) is 1.73. The summed E-state index contributed by atoms with van der Waals surface area (Å²) in [6.07, 6.45) is 1.64. The number of nitrogens with zero attached hydrogens (tertiary/aromatic N) is 3. The molecule has 0 atom stereocenters. The summed E-state index contributed by atoms with van der Waals surface area (Å²) in [4.78, 5) is 20.8. The first kappa shape index (κ1) is 18.2. The smallest absolute Gasteiger partial charge is 0.255 e. The van der Waals surface area contributed by atoms with Gasteiger partial charge in [0, 0.05) is 26.3 Å². The number of hydrogen-bond donors (Lipinski definition) is 0. The second kappa shape index (κ2) is 8.67. The Labute approximate surface area is 154 Å². The van der Waals surface area contributed by atoms with Crippen molar-refractivity contribution in [2.24, 2.45) is 0 Å². The maximum Gasteiger partial charge on any atom is 0.255 e. The van der Waals surface area contributed by atoms with Crippen molar-refractivity contribution in [2.45, 2.75) is 6.92 Å². The summed E-state index contributed by atoms with van der Waals surface area (Å²) in [7, 11) is 1.78. The van der Waals surface area contributed by atoms with Crippen molar-refractivity contribution in [1.82, 2.24) is 9.88 Å². The molecular weight excluding hydrogens is 330 g/mol. The number of pyridine rings is 1. The Bertz CT molecular complexity index is 727. The van der Waals surface area contributed by atoms with Crippen LogP contribution in [-0.2, 0) is 4.74 Å². The Balaban J connectivity index is 1.51. The maximum absolute atomic E-state index is 12.5. The fourth-order valence-electron chi connectivity index (χ4n) is 2.82. The quantitative estimate of drug-likeness (QED) is 0.796. The molecular formula is C20H25N3O3. The molecule has 1 aliphatic heterocycles. The van der Waals surface area contributed by atoms with Crippen molar-refractivity contribution in [3.8, 4) is 5.75 Å². The molecule has 6 heteroatoms. The monoisotopic (exact) mass is 355 g/mol. The van der Waals surface area contributed by atoms with Crippen LogP contribution in [0.3, 0.4) is 0 Å². The zero-order valence-corrected chi connectivity index (χ0v) is 15.4. The number of carbonyl (C=O) groups excluding carboxylic acids is 1. The molecule has 1 aromatic carbocycles. The molecule has 0 N–H and O–H groups in total. The number of rotatable bonds is 6. The van der Waals surface area contributed by atoms with E-state index in [2.05, 4.69) is 9.88 Å². The van der Waals surface area contributed by atoms with Gasteiger partial charge in [0.15, 0.2) is 0 Å². The van der Waals surface area contributed by atoms with Gasteiger partial charge in [0.1, 0.15) is 18.2 Å². The van der Waals surface area contributed by atoms with Gasteiger partial charge in [-0.3, -0.25) is 4.79 Å². The molecule has 3 rings (SSSR count). The van der Waals surface area contributed by atoms with E-state index in [0.717, 1.165) is 30.2 Å². The lowest BCUT2D eigenvalue weighted by Crippen LogP contribution is -2.36. The van der Waals surface area contributed by atoms with Gasteiger partial charge < -0.3 is 19.3 Å². The molecule has 0 unspecified atom stereocenters. The molecule has 138 valence electrons. The molecule has 2 heterocycles.